The number of H-pyrrole nitrogens is 1. The molecule has 0 aliphatic heterocycles. The molecule has 4 N–H and O–H groups in total. The third-order valence-corrected chi connectivity index (χ3v) is 5.09. The number of alkyl halides is 3. The van der Waals surface area contributed by atoms with E-state index in [1.165, 1.54) is 23.7 Å². The summed E-state index contributed by atoms with van der Waals surface area (Å²) >= 11 is 1.23. The van der Waals surface area contributed by atoms with Crippen molar-refractivity contribution >= 4 is 27.6 Å². The van der Waals surface area contributed by atoms with Crippen molar-refractivity contribution in [1.29, 1.82) is 0 Å². The summed E-state index contributed by atoms with van der Waals surface area (Å²) in [5.41, 5.74) is 8.02. The molecule has 0 aliphatic rings. The molecule has 0 fully saturated rings. The minimum atomic E-state index is -4.33. The Labute approximate surface area is 168 Å². The minimum Gasteiger partial charge on any atom is -0.359 e. The molecule has 6 nitrogen and oxygen atoms in total. The van der Waals surface area contributed by atoms with Crippen LogP contribution in [0, 0.1) is 0 Å². The van der Waals surface area contributed by atoms with Crippen molar-refractivity contribution in [2.45, 2.75) is 18.6 Å². The Hall–Kier alpha value is -2.98. The number of halogens is 3. The van der Waals surface area contributed by atoms with Crippen molar-refractivity contribution in [1.82, 2.24) is 19.6 Å². The van der Waals surface area contributed by atoms with E-state index in [2.05, 4.69) is 24.9 Å². The van der Waals surface area contributed by atoms with Crippen LogP contribution in [-0.2, 0) is 12.6 Å². The maximum absolute atomic E-state index is 12.6. The van der Waals surface area contributed by atoms with E-state index in [1.54, 1.807) is 6.20 Å². The van der Waals surface area contributed by atoms with Gasteiger partial charge in [-0.15, -0.1) is 0 Å². The summed E-state index contributed by atoms with van der Waals surface area (Å²) in [5, 5.41) is 11.6. The van der Waals surface area contributed by atoms with Crippen molar-refractivity contribution < 1.29 is 13.2 Å². The molecule has 0 spiro atoms. The number of rotatable bonds is 6. The van der Waals surface area contributed by atoms with Crippen LogP contribution in [0.1, 0.15) is 11.1 Å². The van der Waals surface area contributed by atoms with E-state index in [-0.39, 0.29) is 6.04 Å². The number of aromatic amines is 1. The lowest BCUT2D eigenvalue weighted by atomic mass is 10.0. The Balaban J connectivity index is 1.34. The van der Waals surface area contributed by atoms with Gasteiger partial charge in [-0.1, -0.05) is 12.1 Å². The molecule has 10 heteroatoms. The van der Waals surface area contributed by atoms with Gasteiger partial charge < -0.3 is 11.1 Å². The number of hydrogen-bond acceptors (Lipinski definition) is 6. The van der Waals surface area contributed by atoms with Crippen LogP contribution in [0.3, 0.4) is 0 Å². The van der Waals surface area contributed by atoms with Crippen LogP contribution >= 0.6 is 11.5 Å². The molecule has 0 radical (unpaired) electrons. The van der Waals surface area contributed by atoms with Crippen LogP contribution in [0.15, 0.2) is 48.7 Å². The fourth-order valence-corrected chi connectivity index (χ4v) is 3.51. The molecule has 150 valence electrons. The van der Waals surface area contributed by atoms with E-state index >= 15 is 0 Å². The van der Waals surface area contributed by atoms with Crippen molar-refractivity contribution in [3.8, 4) is 11.4 Å². The lowest BCUT2D eigenvalue weighted by Gasteiger charge is -2.13. The Morgan fingerprint density at radius 3 is 2.69 bits per heavy atom. The van der Waals surface area contributed by atoms with Crippen LogP contribution in [0.4, 0.5) is 18.3 Å². The molecule has 2 heterocycles. The summed E-state index contributed by atoms with van der Waals surface area (Å²) in [7, 11) is 0. The van der Waals surface area contributed by atoms with Gasteiger partial charge in [0.15, 0.2) is 5.82 Å². The average molecular weight is 418 g/mol. The summed E-state index contributed by atoms with van der Waals surface area (Å²) in [4.78, 5) is 4.47. The second-order valence-electron chi connectivity index (χ2n) is 6.63. The molecule has 0 amide bonds. The average Bonchev–Trinajstić information content (AvgIpc) is 3.35. The number of nitrogens with two attached hydrogens (primary N) is 1. The first-order chi connectivity index (χ1) is 13.9. The monoisotopic (exact) mass is 418 g/mol. The first kappa shape index (κ1) is 19.3. The molecule has 0 saturated heterocycles. The van der Waals surface area contributed by atoms with Crippen molar-refractivity contribution in [2.75, 3.05) is 11.9 Å². The Morgan fingerprint density at radius 1 is 1.14 bits per heavy atom. The molecule has 2 aromatic carbocycles. The minimum absolute atomic E-state index is 0.277. The molecule has 2 aromatic heterocycles. The predicted molar refractivity (Wildman–Crippen MR) is 107 cm³/mol. The summed E-state index contributed by atoms with van der Waals surface area (Å²) in [5.74, 6) is 0.608. The lowest BCUT2D eigenvalue weighted by molar-refractivity contribution is -0.137. The maximum atomic E-state index is 12.6. The molecular formula is C19H17F3N6S. The standard InChI is InChI=1S/C19H17F3N6S/c20-19(21,22)14-4-1-11(2-5-14)7-15(23)10-24-18-26-17(28-29-18)12-3-6-16-13(8-12)9-25-27-16/h1-6,8-9,15H,7,10,23H2,(H,25,27)(H,24,26,28)/t15-/m1/s1. The van der Waals surface area contributed by atoms with Crippen LogP contribution in [0.5, 0.6) is 0 Å². The second-order valence-corrected chi connectivity index (χ2v) is 7.39. The molecule has 4 rings (SSSR count). The number of benzene rings is 2. The Kier molecular flexibility index (Phi) is 5.20. The van der Waals surface area contributed by atoms with Gasteiger partial charge in [-0.2, -0.15) is 27.6 Å². The molecule has 0 bridgehead atoms. The van der Waals surface area contributed by atoms with Crippen molar-refractivity contribution in [3.63, 3.8) is 0 Å². The van der Waals surface area contributed by atoms with Crippen molar-refractivity contribution in [2.24, 2.45) is 5.73 Å². The van der Waals surface area contributed by atoms with Gasteiger partial charge in [-0.05, 0) is 42.3 Å². The van der Waals surface area contributed by atoms with Gasteiger partial charge in [0.25, 0.3) is 0 Å². The van der Waals surface area contributed by atoms with E-state index < -0.39 is 11.7 Å². The van der Waals surface area contributed by atoms with Crippen LogP contribution in [0.2, 0.25) is 0 Å². The molecule has 0 aliphatic carbocycles. The number of aromatic nitrogens is 4. The number of nitrogens with one attached hydrogen (secondary N) is 2. The maximum Gasteiger partial charge on any atom is 0.416 e. The largest absolute Gasteiger partial charge is 0.416 e. The molecule has 1 atom stereocenters. The molecule has 29 heavy (non-hydrogen) atoms. The van der Waals surface area contributed by atoms with Crippen LogP contribution in [0.25, 0.3) is 22.3 Å². The predicted octanol–water partition coefficient (Wildman–Crippen LogP) is 4.08. The molecule has 0 saturated carbocycles. The van der Waals surface area contributed by atoms with E-state index in [0.29, 0.717) is 23.9 Å². The molecule has 4 aromatic rings. The summed E-state index contributed by atoms with van der Waals surface area (Å²) in [6.07, 6.45) is -2.14. The first-order valence-electron chi connectivity index (χ1n) is 8.81. The van der Waals surface area contributed by atoms with Gasteiger partial charge >= 0.3 is 6.18 Å². The topological polar surface area (TPSA) is 92.5 Å². The van der Waals surface area contributed by atoms with Gasteiger partial charge in [0, 0.05) is 35.1 Å². The Bertz CT molecular complexity index is 1100. The SMILES string of the molecule is N[C@@H](CNc1nc(-c2ccc3[nH]ncc3c2)ns1)Cc1ccc(C(F)(F)F)cc1. The van der Waals surface area contributed by atoms with Gasteiger partial charge in [0.05, 0.1) is 17.3 Å². The number of fused-ring (bicyclic) bond motifs is 1. The normalized spacial score (nSPS) is 13.0. The highest BCUT2D eigenvalue weighted by molar-refractivity contribution is 7.09. The zero-order valence-corrected chi connectivity index (χ0v) is 15.9. The van der Waals surface area contributed by atoms with Gasteiger partial charge in [0.1, 0.15) is 0 Å². The number of anilines is 1. The summed E-state index contributed by atoms with van der Waals surface area (Å²) in [6.45, 7) is 0.427. The number of nitrogens with zero attached hydrogens (tertiary/aromatic N) is 3. The summed E-state index contributed by atoms with van der Waals surface area (Å²) in [6, 6.07) is 10.6. The smallest absolute Gasteiger partial charge is 0.359 e. The quantitative estimate of drug-likeness (QED) is 0.439. The van der Waals surface area contributed by atoms with Gasteiger partial charge in [0.2, 0.25) is 5.13 Å². The first-order valence-corrected chi connectivity index (χ1v) is 9.58. The van der Waals surface area contributed by atoms with Crippen LogP contribution < -0.4 is 11.1 Å². The fraction of sp³-hybridized carbons (Fsp3) is 0.211. The van der Waals surface area contributed by atoms with Crippen molar-refractivity contribution in [3.05, 3.63) is 59.8 Å². The van der Waals surface area contributed by atoms with Gasteiger partial charge in [-0.25, -0.2) is 0 Å². The Morgan fingerprint density at radius 2 is 1.93 bits per heavy atom. The second kappa shape index (κ2) is 7.80. The zero-order chi connectivity index (χ0) is 20.4. The lowest BCUT2D eigenvalue weighted by Crippen LogP contribution is -2.31. The fourth-order valence-electron chi connectivity index (χ4n) is 2.92. The van der Waals surface area contributed by atoms with E-state index in [0.717, 1.165) is 34.2 Å². The van der Waals surface area contributed by atoms with E-state index in [4.69, 9.17) is 5.73 Å². The van der Waals surface area contributed by atoms with E-state index in [9.17, 15) is 13.2 Å². The highest BCUT2D eigenvalue weighted by Gasteiger charge is 2.29. The summed E-state index contributed by atoms with van der Waals surface area (Å²) < 4.78 is 42.2. The molecule has 0 unspecified atom stereocenters. The third kappa shape index (κ3) is 4.54. The van der Waals surface area contributed by atoms with Crippen LogP contribution in [-0.4, -0.2) is 32.1 Å². The highest BCUT2D eigenvalue weighted by Crippen LogP contribution is 2.29. The zero-order valence-electron chi connectivity index (χ0n) is 15.1. The highest BCUT2D eigenvalue weighted by atomic mass is 32.1. The van der Waals surface area contributed by atoms with Gasteiger partial charge in [-0.3, -0.25) is 5.10 Å². The molecular weight excluding hydrogens is 401 g/mol. The third-order valence-electron chi connectivity index (χ3n) is 4.42. The number of hydrogen-bond donors (Lipinski definition) is 3. The van der Waals surface area contributed by atoms with E-state index in [1.807, 2.05) is 18.2 Å².